The van der Waals surface area contributed by atoms with E-state index in [1.165, 1.54) is 4.31 Å². The zero-order chi connectivity index (χ0) is 24.6. The van der Waals surface area contributed by atoms with Crippen LogP contribution in [0.2, 0.25) is 5.02 Å². The molecule has 4 aromatic rings. The van der Waals surface area contributed by atoms with Crippen molar-refractivity contribution in [3.8, 4) is 17.0 Å². The lowest BCUT2D eigenvalue weighted by molar-refractivity contribution is 0.329. The molecule has 1 fully saturated rings. The van der Waals surface area contributed by atoms with Crippen molar-refractivity contribution in [1.29, 1.82) is 0 Å². The molecule has 0 aliphatic carbocycles. The fraction of sp³-hybridized carbons (Fsp3) is 0.250. The van der Waals surface area contributed by atoms with Gasteiger partial charge in [0.1, 0.15) is 11.6 Å². The molecule has 2 aromatic carbocycles. The van der Waals surface area contributed by atoms with Gasteiger partial charge in [0.25, 0.3) is 0 Å². The Hall–Kier alpha value is -2.66. The van der Waals surface area contributed by atoms with E-state index in [1.54, 1.807) is 42.1 Å². The van der Waals surface area contributed by atoms with Gasteiger partial charge < -0.3 is 10.1 Å². The molecule has 35 heavy (non-hydrogen) atoms. The molecule has 0 saturated carbocycles. The minimum absolute atomic E-state index is 0.0741. The average Bonchev–Trinajstić information content (AvgIpc) is 3.25. The van der Waals surface area contributed by atoms with Crippen LogP contribution in [-0.2, 0) is 10.0 Å². The third-order valence-electron chi connectivity index (χ3n) is 6.08. The van der Waals surface area contributed by atoms with Gasteiger partial charge in [-0.25, -0.2) is 13.4 Å². The molecule has 5 rings (SSSR count). The molecule has 3 heterocycles. The van der Waals surface area contributed by atoms with Crippen molar-refractivity contribution in [3.05, 3.63) is 70.3 Å². The van der Waals surface area contributed by atoms with Gasteiger partial charge >= 0.3 is 0 Å². The molecule has 1 N–H and O–H groups in total. The molecule has 2 aromatic heterocycles. The Bertz CT molecular complexity index is 1470. The molecule has 0 amide bonds. The normalized spacial score (nSPS) is 15.4. The topological polar surface area (TPSA) is 88.8 Å². The smallest absolute Gasteiger partial charge is 0.243 e. The van der Waals surface area contributed by atoms with Crippen molar-refractivity contribution in [2.45, 2.75) is 23.8 Å². The zero-order valence-corrected chi connectivity index (χ0v) is 22.0. The van der Waals surface area contributed by atoms with E-state index in [0.717, 1.165) is 21.5 Å². The Morgan fingerprint density at radius 1 is 1.11 bits per heavy atom. The molecule has 0 unspecified atom stereocenters. The number of hydrogen-bond acceptors (Lipinski definition) is 6. The van der Waals surface area contributed by atoms with Crippen LogP contribution in [0.3, 0.4) is 0 Å². The van der Waals surface area contributed by atoms with Gasteiger partial charge in [-0.2, -0.15) is 13.9 Å². The molecule has 1 aliphatic rings. The second-order valence-corrected chi connectivity index (χ2v) is 11.4. The number of rotatable bonds is 6. The molecule has 0 spiro atoms. The SMILES string of the molecule is COc1ccc(S(=O)(=O)N2CCC(Nc3cc(-c4ccccc4Cl)nc4c(Br)cnn34)CC2)cc1. The first kappa shape index (κ1) is 24.1. The van der Waals surface area contributed by atoms with Gasteiger partial charge in [-0.05, 0) is 59.1 Å². The first-order chi connectivity index (χ1) is 16.9. The van der Waals surface area contributed by atoms with E-state index >= 15 is 0 Å². The Kier molecular flexibility index (Phi) is 6.71. The summed E-state index contributed by atoms with van der Waals surface area (Å²) in [6.45, 7) is 0.834. The number of fused-ring (bicyclic) bond motifs is 1. The van der Waals surface area contributed by atoms with E-state index in [1.807, 2.05) is 30.3 Å². The Labute approximate surface area is 217 Å². The molecular weight excluding hydrogens is 554 g/mol. The van der Waals surface area contributed by atoms with Gasteiger partial charge in [-0.3, -0.25) is 0 Å². The Morgan fingerprint density at radius 3 is 2.51 bits per heavy atom. The summed E-state index contributed by atoms with van der Waals surface area (Å²) in [5.74, 6) is 1.39. The highest BCUT2D eigenvalue weighted by Gasteiger charge is 2.30. The van der Waals surface area contributed by atoms with Gasteiger partial charge in [-0.1, -0.05) is 29.8 Å². The van der Waals surface area contributed by atoms with E-state index in [0.29, 0.717) is 42.4 Å². The number of anilines is 1. The highest BCUT2D eigenvalue weighted by molar-refractivity contribution is 9.10. The van der Waals surface area contributed by atoms with Crippen LogP contribution in [-0.4, -0.2) is 53.6 Å². The zero-order valence-electron chi connectivity index (χ0n) is 18.9. The molecule has 182 valence electrons. The summed E-state index contributed by atoms with van der Waals surface area (Å²) in [4.78, 5) is 5.01. The van der Waals surface area contributed by atoms with Crippen molar-refractivity contribution >= 4 is 49.0 Å². The number of ether oxygens (including phenoxy) is 1. The van der Waals surface area contributed by atoms with Crippen LogP contribution >= 0.6 is 27.5 Å². The highest BCUT2D eigenvalue weighted by Crippen LogP contribution is 2.31. The fourth-order valence-electron chi connectivity index (χ4n) is 4.19. The Morgan fingerprint density at radius 2 is 1.83 bits per heavy atom. The van der Waals surface area contributed by atoms with Crippen LogP contribution in [0.1, 0.15) is 12.8 Å². The third kappa shape index (κ3) is 4.75. The molecule has 1 saturated heterocycles. The van der Waals surface area contributed by atoms with E-state index in [9.17, 15) is 8.42 Å². The minimum Gasteiger partial charge on any atom is -0.497 e. The Balaban J connectivity index is 1.36. The second-order valence-electron chi connectivity index (χ2n) is 8.23. The number of aromatic nitrogens is 3. The van der Waals surface area contributed by atoms with Gasteiger partial charge in [0, 0.05) is 35.8 Å². The third-order valence-corrected chi connectivity index (χ3v) is 8.88. The average molecular weight is 577 g/mol. The number of nitrogens with zero attached hydrogens (tertiary/aromatic N) is 4. The van der Waals surface area contributed by atoms with E-state index < -0.39 is 10.0 Å². The molecule has 1 aliphatic heterocycles. The maximum atomic E-state index is 13.1. The quantitative estimate of drug-likeness (QED) is 0.344. The minimum atomic E-state index is -3.56. The summed E-state index contributed by atoms with van der Waals surface area (Å²) in [7, 11) is -2.01. The van der Waals surface area contributed by atoms with Crippen LogP contribution in [0.4, 0.5) is 5.82 Å². The largest absolute Gasteiger partial charge is 0.497 e. The van der Waals surface area contributed by atoms with Crippen molar-refractivity contribution in [2.24, 2.45) is 0 Å². The standard InChI is InChI=1S/C24H23BrClN5O3S/c1-34-17-6-8-18(9-7-17)35(32,33)30-12-10-16(11-13-30)28-23-14-22(19-4-2-3-5-21(19)26)29-24-20(25)15-27-31(23)24/h2-9,14-16,28H,10-13H2,1H3. The van der Waals surface area contributed by atoms with Crippen LogP contribution in [0.15, 0.2) is 70.2 Å². The van der Waals surface area contributed by atoms with Crippen molar-refractivity contribution < 1.29 is 13.2 Å². The fourth-order valence-corrected chi connectivity index (χ4v) is 6.24. The number of nitrogens with one attached hydrogen (secondary N) is 1. The van der Waals surface area contributed by atoms with E-state index in [4.69, 9.17) is 21.3 Å². The maximum Gasteiger partial charge on any atom is 0.243 e. The summed E-state index contributed by atoms with van der Waals surface area (Å²) in [5.41, 5.74) is 2.23. The first-order valence-corrected chi connectivity index (χ1v) is 13.7. The van der Waals surface area contributed by atoms with Gasteiger partial charge in [0.15, 0.2) is 5.65 Å². The lowest BCUT2D eigenvalue weighted by Gasteiger charge is -2.32. The number of halogens is 2. The predicted molar refractivity (Wildman–Crippen MR) is 140 cm³/mol. The first-order valence-electron chi connectivity index (χ1n) is 11.1. The lowest BCUT2D eigenvalue weighted by atomic mass is 10.1. The van der Waals surface area contributed by atoms with Gasteiger partial charge in [0.05, 0.1) is 28.4 Å². The van der Waals surface area contributed by atoms with Gasteiger partial charge in [-0.15, -0.1) is 0 Å². The van der Waals surface area contributed by atoms with E-state index in [-0.39, 0.29) is 10.9 Å². The molecule has 0 radical (unpaired) electrons. The summed E-state index contributed by atoms with van der Waals surface area (Å²) in [6, 6.07) is 16.0. The number of piperidine rings is 1. The molecule has 0 atom stereocenters. The van der Waals surface area contributed by atoms with Crippen LogP contribution in [0.5, 0.6) is 5.75 Å². The number of sulfonamides is 1. The number of methoxy groups -OCH3 is 1. The van der Waals surface area contributed by atoms with Gasteiger partial charge in [0.2, 0.25) is 10.0 Å². The summed E-state index contributed by atoms with van der Waals surface area (Å²) in [5, 5.41) is 8.61. The summed E-state index contributed by atoms with van der Waals surface area (Å²) in [6.07, 6.45) is 3.01. The molecular formula is C24H23BrClN5O3S. The predicted octanol–water partition coefficient (Wildman–Crippen LogP) is 5.09. The van der Waals surface area contributed by atoms with Crippen LogP contribution in [0, 0.1) is 0 Å². The van der Waals surface area contributed by atoms with Crippen molar-refractivity contribution in [3.63, 3.8) is 0 Å². The molecule has 8 nitrogen and oxygen atoms in total. The lowest BCUT2D eigenvalue weighted by Crippen LogP contribution is -2.42. The number of hydrogen-bond donors (Lipinski definition) is 1. The summed E-state index contributed by atoms with van der Waals surface area (Å²) < 4.78 is 35.4. The van der Waals surface area contributed by atoms with Crippen molar-refractivity contribution in [1.82, 2.24) is 18.9 Å². The highest BCUT2D eigenvalue weighted by atomic mass is 79.9. The van der Waals surface area contributed by atoms with E-state index in [2.05, 4.69) is 26.3 Å². The van der Waals surface area contributed by atoms with Crippen LogP contribution in [0.25, 0.3) is 16.9 Å². The number of benzene rings is 2. The molecule has 11 heteroatoms. The van der Waals surface area contributed by atoms with Crippen molar-refractivity contribution in [2.75, 3.05) is 25.5 Å². The maximum absolute atomic E-state index is 13.1. The monoisotopic (exact) mass is 575 g/mol. The molecule has 0 bridgehead atoms. The summed E-state index contributed by atoms with van der Waals surface area (Å²) >= 11 is 9.95. The second kappa shape index (κ2) is 9.77. The van der Waals surface area contributed by atoms with Crippen LogP contribution < -0.4 is 10.1 Å².